The molecule has 1 saturated carbocycles. The van der Waals surface area contributed by atoms with Gasteiger partial charge in [-0.1, -0.05) is 37.5 Å². The zero-order chi connectivity index (χ0) is 11.9. The van der Waals surface area contributed by atoms with E-state index in [1.807, 2.05) is 30.3 Å². The molecule has 0 aromatic heterocycles. The van der Waals surface area contributed by atoms with Crippen LogP contribution in [0.15, 0.2) is 35.2 Å². The summed E-state index contributed by atoms with van der Waals surface area (Å²) in [6, 6.07) is 10.5. The smallest absolute Gasteiger partial charge is 0.230 e. The summed E-state index contributed by atoms with van der Waals surface area (Å²) < 4.78 is 0. The average molecular weight is 249 g/mol. The molecular weight excluding hydrogens is 230 g/mol. The Morgan fingerprint density at radius 2 is 1.88 bits per heavy atom. The van der Waals surface area contributed by atoms with E-state index in [1.54, 1.807) is 11.8 Å². The minimum Gasteiger partial charge on any atom is -0.353 e. The predicted molar refractivity (Wildman–Crippen MR) is 72.2 cm³/mol. The van der Waals surface area contributed by atoms with Gasteiger partial charge in [-0.25, -0.2) is 0 Å². The van der Waals surface area contributed by atoms with Crippen LogP contribution < -0.4 is 5.32 Å². The molecule has 92 valence electrons. The normalized spacial score (nSPS) is 16.7. The molecule has 1 aliphatic carbocycles. The third kappa shape index (κ3) is 4.43. The number of thioether (sulfide) groups is 1. The van der Waals surface area contributed by atoms with Gasteiger partial charge in [-0.3, -0.25) is 4.79 Å². The van der Waals surface area contributed by atoms with Gasteiger partial charge in [0.05, 0.1) is 5.75 Å². The summed E-state index contributed by atoms with van der Waals surface area (Å²) in [5, 5.41) is 3.13. The highest BCUT2D eigenvalue weighted by Gasteiger charge is 2.15. The number of carbonyl (C=O) groups excluding carboxylic acids is 1. The molecule has 0 spiro atoms. The Balaban J connectivity index is 1.70. The molecule has 1 fully saturated rings. The van der Waals surface area contributed by atoms with E-state index in [0.29, 0.717) is 11.8 Å². The summed E-state index contributed by atoms with van der Waals surface area (Å²) in [7, 11) is 0. The molecule has 17 heavy (non-hydrogen) atoms. The van der Waals surface area contributed by atoms with E-state index in [2.05, 4.69) is 5.32 Å². The number of rotatable bonds is 4. The van der Waals surface area contributed by atoms with Crippen LogP contribution in [0.2, 0.25) is 0 Å². The molecule has 0 heterocycles. The van der Waals surface area contributed by atoms with Gasteiger partial charge < -0.3 is 5.32 Å². The first-order chi connectivity index (χ1) is 8.34. The van der Waals surface area contributed by atoms with E-state index in [-0.39, 0.29) is 5.91 Å². The number of nitrogens with one attached hydrogen (secondary N) is 1. The summed E-state index contributed by atoms with van der Waals surface area (Å²) in [6.45, 7) is 0. The van der Waals surface area contributed by atoms with Crippen molar-refractivity contribution in [3.05, 3.63) is 30.3 Å². The van der Waals surface area contributed by atoms with E-state index >= 15 is 0 Å². The van der Waals surface area contributed by atoms with Gasteiger partial charge in [0.1, 0.15) is 0 Å². The van der Waals surface area contributed by atoms with Crippen LogP contribution in [0.4, 0.5) is 0 Å². The molecule has 2 nitrogen and oxygen atoms in total. The van der Waals surface area contributed by atoms with Gasteiger partial charge in [-0.2, -0.15) is 0 Å². The monoisotopic (exact) mass is 249 g/mol. The van der Waals surface area contributed by atoms with Crippen LogP contribution in [0.25, 0.3) is 0 Å². The van der Waals surface area contributed by atoms with Crippen molar-refractivity contribution in [2.45, 2.75) is 43.0 Å². The molecule has 2 rings (SSSR count). The van der Waals surface area contributed by atoms with E-state index in [4.69, 9.17) is 0 Å². The molecule has 0 unspecified atom stereocenters. The van der Waals surface area contributed by atoms with Crippen molar-refractivity contribution in [2.24, 2.45) is 0 Å². The van der Waals surface area contributed by atoms with Gasteiger partial charge in [-0.15, -0.1) is 11.8 Å². The molecule has 1 N–H and O–H groups in total. The molecule has 1 aromatic carbocycles. The van der Waals surface area contributed by atoms with Crippen LogP contribution in [0, 0.1) is 0 Å². The number of hydrogen-bond donors (Lipinski definition) is 1. The van der Waals surface area contributed by atoms with Gasteiger partial charge in [0.25, 0.3) is 0 Å². The number of benzene rings is 1. The lowest BCUT2D eigenvalue weighted by Gasteiger charge is -2.22. The fourth-order valence-electron chi connectivity index (χ4n) is 2.18. The SMILES string of the molecule is O=C(CSc1ccccc1)NC1CCCCC1. The molecular formula is C14H19NOS. The Morgan fingerprint density at radius 1 is 1.18 bits per heavy atom. The van der Waals surface area contributed by atoms with Gasteiger partial charge in [0.15, 0.2) is 0 Å². The Bertz CT molecular complexity index is 346. The van der Waals surface area contributed by atoms with Crippen LogP contribution in [0.1, 0.15) is 32.1 Å². The predicted octanol–water partition coefficient (Wildman–Crippen LogP) is 3.23. The highest BCUT2D eigenvalue weighted by atomic mass is 32.2. The molecule has 0 bridgehead atoms. The molecule has 0 aliphatic heterocycles. The van der Waals surface area contributed by atoms with Crippen molar-refractivity contribution in [1.82, 2.24) is 5.32 Å². The fraction of sp³-hybridized carbons (Fsp3) is 0.500. The Hall–Kier alpha value is -0.960. The zero-order valence-corrected chi connectivity index (χ0v) is 10.8. The maximum atomic E-state index is 11.8. The van der Waals surface area contributed by atoms with Crippen LogP contribution in [-0.4, -0.2) is 17.7 Å². The topological polar surface area (TPSA) is 29.1 Å². The van der Waals surface area contributed by atoms with E-state index in [9.17, 15) is 4.79 Å². The summed E-state index contributed by atoms with van der Waals surface area (Å²) in [5.74, 6) is 0.700. The Kier molecular flexibility index (Phi) is 4.92. The van der Waals surface area contributed by atoms with Gasteiger partial charge in [0, 0.05) is 10.9 Å². The summed E-state index contributed by atoms with van der Waals surface area (Å²) in [6.07, 6.45) is 6.15. The molecule has 1 aromatic rings. The fourth-order valence-corrected chi connectivity index (χ4v) is 2.91. The number of amides is 1. The third-order valence-corrected chi connectivity index (χ3v) is 4.10. The largest absolute Gasteiger partial charge is 0.353 e. The molecule has 1 aliphatic rings. The standard InChI is InChI=1S/C14H19NOS/c16-14(15-12-7-3-1-4-8-12)11-17-13-9-5-2-6-10-13/h2,5-6,9-10,12H,1,3-4,7-8,11H2,(H,15,16). The summed E-state index contributed by atoms with van der Waals surface area (Å²) in [5.41, 5.74) is 0. The van der Waals surface area contributed by atoms with Crippen molar-refractivity contribution in [2.75, 3.05) is 5.75 Å². The van der Waals surface area contributed by atoms with Crippen LogP contribution in [0.3, 0.4) is 0 Å². The summed E-state index contributed by atoms with van der Waals surface area (Å²) in [4.78, 5) is 12.9. The molecule has 3 heteroatoms. The maximum Gasteiger partial charge on any atom is 0.230 e. The lowest BCUT2D eigenvalue weighted by atomic mass is 9.95. The van der Waals surface area contributed by atoms with Gasteiger partial charge >= 0.3 is 0 Å². The maximum absolute atomic E-state index is 11.8. The van der Waals surface area contributed by atoms with Crippen molar-refractivity contribution < 1.29 is 4.79 Å². The van der Waals surface area contributed by atoms with Crippen molar-refractivity contribution in [1.29, 1.82) is 0 Å². The Morgan fingerprint density at radius 3 is 2.59 bits per heavy atom. The van der Waals surface area contributed by atoms with E-state index in [1.165, 1.54) is 19.3 Å². The van der Waals surface area contributed by atoms with Crippen molar-refractivity contribution in [3.63, 3.8) is 0 Å². The number of carbonyl (C=O) groups is 1. The highest BCUT2D eigenvalue weighted by Crippen LogP contribution is 2.19. The number of hydrogen-bond acceptors (Lipinski definition) is 2. The average Bonchev–Trinajstić information content (AvgIpc) is 2.39. The van der Waals surface area contributed by atoms with Crippen molar-refractivity contribution >= 4 is 17.7 Å². The second-order valence-electron chi connectivity index (χ2n) is 4.50. The van der Waals surface area contributed by atoms with Crippen LogP contribution >= 0.6 is 11.8 Å². The third-order valence-electron chi connectivity index (χ3n) is 3.08. The second-order valence-corrected chi connectivity index (χ2v) is 5.55. The highest BCUT2D eigenvalue weighted by molar-refractivity contribution is 8.00. The lowest BCUT2D eigenvalue weighted by molar-refractivity contribution is -0.119. The minimum atomic E-state index is 0.172. The summed E-state index contributed by atoms with van der Waals surface area (Å²) >= 11 is 1.61. The minimum absolute atomic E-state index is 0.172. The first kappa shape index (κ1) is 12.5. The Labute approximate surface area is 107 Å². The lowest BCUT2D eigenvalue weighted by Crippen LogP contribution is -2.37. The second kappa shape index (κ2) is 6.70. The van der Waals surface area contributed by atoms with Gasteiger partial charge in [0.2, 0.25) is 5.91 Å². The molecule has 1 amide bonds. The van der Waals surface area contributed by atoms with Crippen LogP contribution in [0.5, 0.6) is 0 Å². The first-order valence-corrected chi connectivity index (χ1v) is 7.30. The molecule has 0 radical (unpaired) electrons. The van der Waals surface area contributed by atoms with Crippen molar-refractivity contribution in [3.8, 4) is 0 Å². The van der Waals surface area contributed by atoms with Crippen LogP contribution in [-0.2, 0) is 4.79 Å². The quantitative estimate of drug-likeness (QED) is 0.830. The van der Waals surface area contributed by atoms with E-state index < -0.39 is 0 Å². The van der Waals surface area contributed by atoms with E-state index in [0.717, 1.165) is 17.7 Å². The zero-order valence-electron chi connectivity index (χ0n) is 10.0. The van der Waals surface area contributed by atoms with Gasteiger partial charge in [-0.05, 0) is 25.0 Å². The first-order valence-electron chi connectivity index (χ1n) is 6.32. The molecule has 0 atom stereocenters. The molecule has 0 saturated heterocycles.